The predicted octanol–water partition coefficient (Wildman–Crippen LogP) is 5.91. The number of anilines is 1. The highest BCUT2D eigenvalue weighted by molar-refractivity contribution is 7.92. The summed E-state index contributed by atoms with van der Waals surface area (Å²) in [6, 6.07) is 20.6. The van der Waals surface area contributed by atoms with E-state index in [1.54, 1.807) is 18.2 Å². The molecule has 3 rings (SSSR count). The van der Waals surface area contributed by atoms with Gasteiger partial charge in [0.15, 0.2) is 0 Å². The van der Waals surface area contributed by atoms with E-state index < -0.39 is 34.1 Å². The molecule has 1 atom stereocenters. The maximum Gasteiger partial charge on any atom is 0.264 e. The Balaban J connectivity index is 2.08. The molecule has 0 saturated carbocycles. The zero-order chi connectivity index (χ0) is 28.8. The summed E-state index contributed by atoms with van der Waals surface area (Å²) in [6.45, 7) is 6.92. The van der Waals surface area contributed by atoms with Gasteiger partial charge in [0.1, 0.15) is 12.6 Å². The Bertz CT molecular complexity index is 1400. The number of nitrogens with one attached hydrogen (secondary N) is 1. The average molecular weight is 591 g/mol. The molecule has 3 aromatic carbocycles. The van der Waals surface area contributed by atoms with Crippen molar-refractivity contribution in [2.75, 3.05) is 10.8 Å². The van der Waals surface area contributed by atoms with Gasteiger partial charge in [-0.15, -0.1) is 0 Å². The van der Waals surface area contributed by atoms with Crippen LogP contribution in [-0.4, -0.2) is 43.3 Å². The van der Waals surface area contributed by atoms with Gasteiger partial charge in [-0.2, -0.15) is 0 Å². The molecule has 208 valence electrons. The van der Waals surface area contributed by atoms with Crippen LogP contribution in [0.25, 0.3) is 0 Å². The Hall–Kier alpha value is -3.07. The fraction of sp³-hybridized carbons (Fsp3) is 0.310. The number of amides is 2. The van der Waals surface area contributed by atoms with Crippen molar-refractivity contribution < 1.29 is 18.0 Å². The van der Waals surface area contributed by atoms with Crippen LogP contribution in [0, 0.1) is 0 Å². The van der Waals surface area contributed by atoms with Crippen molar-refractivity contribution in [2.24, 2.45) is 0 Å². The first-order valence-corrected chi connectivity index (χ1v) is 14.7. The van der Waals surface area contributed by atoms with Crippen molar-refractivity contribution in [2.45, 2.75) is 57.1 Å². The highest BCUT2D eigenvalue weighted by atomic mass is 35.5. The molecule has 0 aliphatic heterocycles. The van der Waals surface area contributed by atoms with E-state index in [2.05, 4.69) is 5.32 Å². The van der Waals surface area contributed by atoms with Crippen LogP contribution in [0.15, 0.2) is 83.8 Å². The van der Waals surface area contributed by atoms with Gasteiger partial charge >= 0.3 is 0 Å². The molecule has 0 spiro atoms. The summed E-state index contributed by atoms with van der Waals surface area (Å²) in [5.41, 5.74) is 0.380. The second-order valence-electron chi connectivity index (χ2n) is 10.1. The van der Waals surface area contributed by atoms with Gasteiger partial charge in [-0.1, -0.05) is 78.7 Å². The first kappa shape index (κ1) is 30.5. The van der Waals surface area contributed by atoms with Gasteiger partial charge in [0.05, 0.1) is 15.6 Å². The van der Waals surface area contributed by atoms with Crippen LogP contribution in [0.1, 0.15) is 39.7 Å². The molecule has 0 radical (unpaired) electrons. The lowest BCUT2D eigenvalue weighted by molar-refractivity contribution is -0.141. The van der Waals surface area contributed by atoms with Crippen LogP contribution < -0.4 is 9.62 Å². The fourth-order valence-electron chi connectivity index (χ4n) is 4.07. The number of nitrogens with zero attached hydrogens (tertiary/aromatic N) is 2. The average Bonchev–Trinajstić information content (AvgIpc) is 2.87. The maximum atomic E-state index is 14.0. The zero-order valence-electron chi connectivity index (χ0n) is 22.4. The number of benzene rings is 3. The van der Waals surface area contributed by atoms with Gasteiger partial charge in [-0.3, -0.25) is 13.9 Å². The molecule has 0 heterocycles. The van der Waals surface area contributed by atoms with E-state index in [0.717, 1.165) is 9.87 Å². The number of halogens is 2. The summed E-state index contributed by atoms with van der Waals surface area (Å²) in [6.07, 6.45) is 0.327. The van der Waals surface area contributed by atoms with Crippen molar-refractivity contribution in [3.05, 3.63) is 94.5 Å². The molecule has 0 aliphatic carbocycles. The fourth-order valence-corrected chi connectivity index (χ4v) is 6.08. The van der Waals surface area contributed by atoms with Gasteiger partial charge in [0, 0.05) is 17.1 Å². The smallest absolute Gasteiger partial charge is 0.264 e. The number of rotatable bonds is 10. The van der Waals surface area contributed by atoms with Gasteiger partial charge < -0.3 is 10.2 Å². The normalized spacial score (nSPS) is 12.5. The van der Waals surface area contributed by atoms with E-state index in [9.17, 15) is 18.0 Å². The third-order valence-corrected chi connectivity index (χ3v) is 8.18. The van der Waals surface area contributed by atoms with E-state index in [0.29, 0.717) is 11.4 Å². The van der Waals surface area contributed by atoms with Gasteiger partial charge in [-0.05, 0) is 63.1 Å². The summed E-state index contributed by atoms with van der Waals surface area (Å²) in [5.74, 6) is -0.878. The number of hydrogen-bond donors (Lipinski definition) is 1. The quantitative estimate of drug-likeness (QED) is 0.318. The molecule has 0 bridgehead atoms. The van der Waals surface area contributed by atoms with Crippen molar-refractivity contribution >= 4 is 50.7 Å². The third kappa shape index (κ3) is 7.97. The van der Waals surface area contributed by atoms with Gasteiger partial charge in [0.2, 0.25) is 11.8 Å². The number of sulfonamides is 1. The van der Waals surface area contributed by atoms with Crippen LogP contribution >= 0.6 is 23.2 Å². The highest BCUT2D eigenvalue weighted by Crippen LogP contribution is 2.33. The zero-order valence-corrected chi connectivity index (χ0v) is 24.7. The largest absolute Gasteiger partial charge is 0.350 e. The molecular weight excluding hydrogens is 557 g/mol. The Morgan fingerprint density at radius 1 is 0.923 bits per heavy atom. The third-order valence-electron chi connectivity index (χ3n) is 5.87. The first-order valence-electron chi connectivity index (χ1n) is 12.5. The summed E-state index contributed by atoms with van der Waals surface area (Å²) in [5, 5.41) is 3.34. The maximum absolute atomic E-state index is 14.0. The molecule has 2 amide bonds. The van der Waals surface area contributed by atoms with E-state index in [1.165, 1.54) is 35.2 Å². The molecule has 7 nitrogen and oxygen atoms in total. The lowest BCUT2D eigenvalue weighted by atomic mass is 10.1. The lowest BCUT2D eigenvalue weighted by Crippen LogP contribution is -2.55. The molecule has 0 fully saturated rings. The van der Waals surface area contributed by atoms with Gasteiger partial charge in [-0.25, -0.2) is 8.42 Å². The molecule has 0 unspecified atom stereocenters. The highest BCUT2D eigenvalue weighted by Gasteiger charge is 2.35. The first-order chi connectivity index (χ1) is 18.3. The van der Waals surface area contributed by atoms with Crippen LogP contribution in [0.2, 0.25) is 10.0 Å². The molecule has 0 aliphatic rings. The predicted molar refractivity (Wildman–Crippen MR) is 156 cm³/mol. The second-order valence-corrected chi connectivity index (χ2v) is 12.8. The topological polar surface area (TPSA) is 86.8 Å². The van der Waals surface area contributed by atoms with E-state index in [1.807, 2.05) is 58.0 Å². The monoisotopic (exact) mass is 589 g/mol. The van der Waals surface area contributed by atoms with Crippen LogP contribution in [-0.2, 0) is 26.2 Å². The minimum absolute atomic E-state index is 0.00376. The Labute approximate surface area is 240 Å². The van der Waals surface area contributed by atoms with Crippen molar-refractivity contribution in [3.63, 3.8) is 0 Å². The molecule has 10 heteroatoms. The SMILES string of the molecule is CC[C@@H](C(=O)NC(C)(C)C)N(Cc1ccccc1)C(=O)CN(c1ccc(Cl)cc1Cl)S(=O)(=O)c1ccccc1. The Morgan fingerprint density at radius 2 is 1.51 bits per heavy atom. The summed E-state index contributed by atoms with van der Waals surface area (Å²) in [7, 11) is -4.21. The summed E-state index contributed by atoms with van der Waals surface area (Å²) < 4.78 is 28.6. The van der Waals surface area contributed by atoms with Crippen LogP contribution in [0.5, 0.6) is 0 Å². The van der Waals surface area contributed by atoms with E-state index in [-0.39, 0.29) is 28.1 Å². The minimum atomic E-state index is -4.21. The van der Waals surface area contributed by atoms with Gasteiger partial charge in [0.25, 0.3) is 10.0 Å². The number of hydrogen-bond acceptors (Lipinski definition) is 4. The lowest BCUT2D eigenvalue weighted by Gasteiger charge is -2.35. The van der Waals surface area contributed by atoms with E-state index >= 15 is 0 Å². The van der Waals surface area contributed by atoms with Crippen molar-refractivity contribution in [3.8, 4) is 0 Å². The number of carbonyl (C=O) groups excluding carboxylic acids is 2. The minimum Gasteiger partial charge on any atom is -0.350 e. The molecule has 3 aromatic rings. The summed E-state index contributed by atoms with van der Waals surface area (Å²) >= 11 is 12.5. The molecule has 1 N–H and O–H groups in total. The molecular formula is C29H33Cl2N3O4S. The molecule has 0 saturated heterocycles. The standard InChI is InChI=1S/C29H33Cl2N3O4S/c1-5-25(28(36)32-29(2,3)4)33(19-21-12-8-6-9-13-21)27(35)20-34(26-17-16-22(30)18-24(26)31)39(37,38)23-14-10-7-11-15-23/h6-18,25H,5,19-20H2,1-4H3,(H,32,36)/t25-/m0/s1. The van der Waals surface area contributed by atoms with Crippen molar-refractivity contribution in [1.29, 1.82) is 0 Å². The van der Waals surface area contributed by atoms with Crippen LogP contribution in [0.4, 0.5) is 5.69 Å². The Morgan fingerprint density at radius 3 is 2.05 bits per heavy atom. The number of carbonyl (C=O) groups is 2. The molecule has 0 aromatic heterocycles. The Kier molecular flexibility index (Phi) is 10.0. The van der Waals surface area contributed by atoms with Crippen molar-refractivity contribution in [1.82, 2.24) is 10.2 Å². The van der Waals surface area contributed by atoms with E-state index in [4.69, 9.17) is 23.2 Å². The second kappa shape index (κ2) is 12.9. The summed E-state index contributed by atoms with van der Waals surface area (Å²) in [4.78, 5) is 28.8. The molecule has 39 heavy (non-hydrogen) atoms. The van der Waals surface area contributed by atoms with Crippen LogP contribution in [0.3, 0.4) is 0 Å².